The molecule has 2 rings (SSSR count). The van der Waals surface area contributed by atoms with Crippen LogP contribution in [0.3, 0.4) is 0 Å². The number of halogens is 1. The number of fused-ring (bicyclic) bond motifs is 1. The molecule has 0 radical (unpaired) electrons. The molecule has 1 aromatic rings. The highest BCUT2D eigenvalue weighted by Gasteiger charge is 2.22. The van der Waals surface area contributed by atoms with Gasteiger partial charge in [0.15, 0.2) is 5.96 Å². The van der Waals surface area contributed by atoms with E-state index >= 15 is 0 Å². The minimum Gasteiger partial charge on any atom is -0.444 e. The molecule has 1 aromatic carbocycles. The lowest BCUT2D eigenvalue weighted by Crippen LogP contribution is -2.41. The van der Waals surface area contributed by atoms with Crippen molar-refractivity contribution in [1.29, 1.82) is 0 Å². The molecule has 25 heavy (non-hydrogen) atoms. The van der Waals surface area contributed by atoms with Crippen LogP contribution in [0.5, 0.6) is 0 Å². The van der Waals surface area contributed by atoms with Crippen LogP contribution in [0.25, 0.3) is 0 Å². The molecule has 0 aliphatic carbocycles. The second kappa shape index (κ2) is 9.84. The molecule has 0 spiro atoms. The van der Waals surface area contributed by atoms with Gasteiger partial charge in [-0.3, -0.25) is 4.99 Å². The van der Waals surface area contributed by atoms with Gasteiger partial charge in [-0.15, -0.1) is 24.0 Å². The van der Waals surface area contributed by atoms with E-state index < -0.39 is 11.7 Å². The standard InChI is InChI=1S/C18H28N4O2.HI/c1-5-19-16(20-11-12-21-17(23)24-18(2,3)4)22-13-10-14-8-6-7-9-15(14)22;/h6-9H,5,10-13H2,1-4H3,(H,19,20)(H,21,23);1H. The van der Waals surface area contributed by atoms with Crippen molar-refractivity contribution in [3.8, 4) is 0 Å². The molecular weight excluding hydrogens is 431 g/mol. The summed E-state index contributed by atoms with van der Waals surface area (Å²) < 4.78 is 5.21. The Morgan fingerprint density at radius 2 is 2.00 bits per heavy atom. The third kappa shape index (κ3) is 6.72. The zero-order chi connectivity index (χ0) is 17.6. The first-order valence-corrected chi connectivity index (χ1v) is 8.51. The molecule has 7 heteroatoms. The number of benzene rings is 1. The Morgan fingerprint density at radius 3 is 2.68 bits per heavy atom. The Balaban J connectivity index is 0.00000312. The second-order valence-corrected chi connectivity index (χ2v) is 6.69. The molecule has 0 atom stereocenters. The second-order valence-electron chi connectivity index (χ2n) is 6.69. The molecule has 1 aliphatic rings. The number of guanidine groups is 1. The molecule has 140 valence electrons. The van der Waals surface area contributed by atoms with Crippen LogP contribution in [0, 0.1) is 0 Å². The maximum absolute atomic E-state index is 11.6. The lowest BCUT2D eigenvalue weighted by molar-refractivity contribution is 0.0529. The van der Waals surface area contributed by atoms with Crippen LogP contribution in [0.4, 0.5) is 10.5 Å². The van der Waals surface area contributed by atoms with E-state index in [2.05, 4.69) is 45.6 Å². The number of rotatable bonds is 4. The van der Waals surface area contributed by atoms with Crippen molar-refractivity contribution in [3.63, 3.8) is 0 Å². The van der Waals surface area contributed by atoms with Gasteiger partial charge in [-0.25, -0.2) is 4.79 Å². The predicted molar refractivity (Wildman–Crippen MR) is 113 cm³/mol. The average molecular weight is 460 g/mol. The molecule has 0 fully saturated rings. The number of hydrogen-bond donors (Lipinski definition) is 2. The summed E-state index contributed by atoms with van der Waals surface area (Å²) in [6.07, 6.45) is 0.616. The zero-order valence-electron chi connectivity index (χ0n) is 15.5. The van der Waals surface area contributed by atoms with E-state index in [9.17, 15) is 4.79 Å². The van der Waals surface area contributed by atoms with Gasteiger partial charge in [-0.1, -0.05) is 18.2 Å². The average Bonchev–Trinajstić information content (AvgIpc) is 2.92. The van der Waals surface area contributed by atoms with Crippen LogP contribution in [-0.2, 0) is 11.2 Å². The van der Waals surface area contributed by atoms with E-state index in [0.29, 0.717) is 13.1 Å². The maximum Gasteiger partial charge on any atom is 0.407 e. The monoisotopic (exact) mass is 460 g/mol. The largest absolute Gasteiger partial charge is 0.444 e. The number of para-hydroxylation sites is 1. The summed E-state index contributed by atoms with van der Waals surface area (Å²) in [6, 6.07) is 8.39. The molecule has 6 nitrogen and oxygen atoms in total. The number of nitrogens with zero attached hydrogens (tertiary/aromatic N) is 2. The van der Waals surface area contributed by atoms with Crippen molar-refractivity contribution < 1.29 is 9.53 Å². The Kier molecular flexibility index (Phi) is 8.47. The molecule has 1 amide bonds. The van der Waals surface area contributed by atoms with Crippen molar-refractivity contribution in [2.45, 2.75) is 39.7 Å². The zero-order valence-corrected chi connectivity index (χ0v) is 17.8. The number of alkyl carbamates (subject to hydrolysis) is 1. The Morgan fingerprint density at radius 1 is 1.28 bits per heavy atom. The van der Waals surface area contributed by atoms with Crippen LogP contribution < -0.4 is 15.5 Å². The van der Waals surface area contributed by atoms with Crippen molar-refractivity contribution in [1.82, 2.24) is 10.6 Å². The maximum atomic E-state index is 11.6. The number of ether oxygens (including phenoxy) is 1. The third-order valence-corrected chi connectivity index (χ3v) is 3.52. The Hall–Kier alpha value is -1.51. The summed E-state index contributed by atoms with van der Waals surface area (Å²) in [4.78, 5) is 18.5. The van der Waals surface area contributed by atoms with Crippen molar-refractivity contribution in [2.75, 3.05) is 31.1 Å². The smallest absolute Gasteiger partial charge is 0.407 e. The fraction of sp³-hybridized carbons (Fsp3) is 0.556. The molecule has 1 aliphatic heterocycles. The highest BCUT2D eigenvalue weighted by atomic mass is 127. The van der Waals surface area contributed by atoms with Gasteiger partial charge in [0.1, 0.15) is 5.60 Å². The van der Waals surface area contributed by atoms with Gasteiger partial charge in [0, 0.05) is 25.3 Å². The minimum atomic E-state index is -0.485. The number of nitrogens with one attached hydrogen (secondary N) is 2. The van der Waals surface area contributed by atoms with Gasteiger partial charge in [-0.05, 0) is 45.7 Å². The lowest BCUT2D eigenvalue weighted by atomic mass is 10.2. The Labute approximate surface area is 167 Å². The van der Waals surface area contributed by atoms with E-state index in [1.165, 1.54) is 11.3 Å². The summed E-state index contributed by atoms with van der Waals surface area (Å²) in [5.74, 6) is 0.855. The molecule has 0 saturated carbocycles. The number of carbonyl (C=O) groups excluding carboxylic acids is 1. The number of aliphatic imine (C=N–C) groups is 1. The first-order chi connectivity index (χ1) is 11.4. The molecule has 0 aromatic heterocycles. The van der Waals surface area contributed by atoms with Crippen LogP contribution in [-0.4, -0.2) is 43.8 Å². The van der Waals surface area contributed by atoms with Gasteiger partial charge < -0.3 is 20.3 Å². The summed E-state index contributed by atoms with van der Waals surface area (Å²) >= 11 is 0. The van der Waals surface area contributed by atoms with Gasteiger partial charge in [0.05, 0.1) is 6.54 Å². The molecular formula is C18H29IN4O2. The quantitative estimate of drug-likeness (QED) is 0.314. The van der Waals surface area contributed by atoms with E-state index in [0.717, 1.165) is 25.5 Å². The van der Waals surface area contributed by atoms with Crippen molar-refractivity contribution >= 4 is 41.7 Å². The summed E-state index contributed by atoms with van der Waals surface area (Å²) in [5.41, 5.74) is 2.06. The van der Waals surface area contributed by atoms with E-state index in [-0.39, 0.29) is 24.0 Å². The number of hydrogen-bond acceptors (Lipinski definition) is 3. The number of carbonyl (C=O) groups is 1. The first kappa shape index (κ1) is 21.5. The predicted octanol–water partition coefficient (Wildman–Crippen LogP) is 3.16. The molecule has 0 unspecified atom stereocenters. The normalized spacial score (nSPS) is 13.8. The summed E-state index contributed by atoms with van der Waals surface area (Å²) in [5, 5.41) is 6.06. The molecule has 1 heterocycles. The van der Waals surface area contributed by atoms with Crippen LogP contribution in [0.1, 0.15) is 33.3 Å². The van der Waals surface area contributed by atoms with Crippen LogP contribution in [0.2, 0.25) is 0 Å². The summed E-state index contributed by atoms with van der Waals surface area (Å²) in [7, 11) is 0. The minimum absolute atomic E-state index is 0. The van der Waals surface area contributed by atoms with Crippen LogP contribution in [0.15, 0.2) is 29.3 Å². The molecule has 2 N–H and O–H groups in total. The fourth-order valence-corrected chi connectivity index (χ4v) is 2.59. The number of anilines is 1. The van der Waals surface area contributed by atoms with E-state index in [4.69, 9.17) is 4.74 Å². The third-order valence-electron chi connectivity index (χ3n) is 3.52. The van der Waals surface area contributed by atoms with Gasteiger partial charge in [0.25, 0.3) is 0 Å². The topological polar surface area (TPSA) is 66.0 Å². The van der Waals surface area contributed by atoms with E-state index in [1.807, 2.05) is 26.8 Å². The SMILES string of the molecule is CCNC(=NCCNC(=O)OC(C)(C)C)N1CCc2ccccc21.I. The first-order valence-electron chi connectivity index (χ1n) is 8.51. The highest BCUT2D eigenvalue weighted by molar-refractivity contribution is 14.0. The van der Waals surface area contributed by atoms with Crippen molar-refractivity contribution in [2.24, 2.45) is 4.99 Å². The Bertz CT molecular complexity index is 599. The van der Waals surface area contributed by atoms with Gasteiger partial charge in [-0.2, -0.15) is 0 Å². The van der Waals surface area contributed by atoms with E-state index in [1.54, 1.807) is 0 Å². The summed E-state index contributed by atoms with van der Waals surface area (Å²) in [6.45, 7) is 10.3. The molecule has 0 saturated heterocycles. The lowest BCUT2D eigenvalue weighted by Gasteiger charge is -2.22. The molecule has 0 bridgehead atoms. The van der Waals surface area contributed by atoms with Crippen molar-refractivity contribution in [3.05, 3.63) is 29.8 Å². The van der Waals surface area contributed by atoms with Gasteiger partial charge >= 0.3 is 6.09 Å². The van der Waals surface area contributed by atoms with Crippen LogP contribution >= 0.6 is 24.0 Å². The highest BCUT2D eigenvalue weighted by Crippen LogP contribution is 2.27. The van der Waals surface area contributed by atoms with Gasteiger partial charge in [0.2, 0.25) is 0 Å². The fourth-order valence-electron chi connectivity index (χ4n) is 2.59. The number of amides is 1.